The lowest BCUT2D eigenvalue weighted by Gasteiger charge is -2.22. The number of carbonyl (C=O) groups excluding carboxylic acids is 2. The van der Waals surface area contributed by atoms with Crippen molar-refractivity contribution < 1.29 is 19.1 Å². The molecule has 2 unspecified atom stereocenters. The van der Waals surface area contributed by atoms with E-state index in [9.17, 15) is 9.59 Å². The molecular weight excluding hydrogens is 294 g/mol. The topological polar surface area (TPSA) is 64.6 Å². The molecule has 0 saturated heterocycles. The van der Waals surface area contributed by atoms with Crippen molar-refractivity contribution in [1.29, 1.82) is 0 Å². The van der Waals surface area contributed by atoms with E-state index in [-0.39, 0.29) is 18.4 Å². The Morgan fingerprint density at radius 1 is 1.14 bits per heavy atom. The summed E-state index contributed by atoms with van der Waals surface area (Å²) >= 11 is 5.45. The van der Waals surface area contributed by atoms with E-state index in [0.717, 1.165) is 19.3 Å². The molecule has 0 aliphatic rings. The maximum atomic E-state index is 12.1. The molecule has 5 nitrogen and oxygen atoms in total. The minimum atomic E-state index is -0.683. The van der Waals surface area contributed by atoms with Crippen molar-refractivity contribution >= 4 is 23.7 Å². The lowest BCUT2D eigenvalue weighted by Crippen LogP contribution is -2.46. The first-order valence-corrected chi connectivity index (χ1v) is 8.11. The zero-order chi connectivity index (χ0) is 16.3. The van der Waals surface area contributed by atoms with Gasteiger partial charge in [0.1, 0.15) is 12.6 Å². The van der Waals surface area contributed by atoms with Gasteiger partial charge in [-0.05, 0) is 24.7 Å². The van der Waals surface area contributed by atoms with Crippen LogP contribution in [0.1, 0.15) is 47.0 Å². The van der Waals surface area contributed by atoms with Crippen molar-refractivity contribution in [2.24, 2.45) is 11.8 Å². The number of hydrogen-bond acceptors (Lipinski definition) is 4. The number of ether oxygens (including phenoxy) is 2. The summed E-state index contributed by atoms with van der Waals surface area (Å²) in [6.07, 6.45) is 1.95. The summed E-state index contributed by atoms with van der Waals surface area (Å²) in [4.78, 5) is 23.6. The molecule has 21 heavy (non-hydrogen) atoms. The highest BCUT2D eigenvalue weighted by Gasteiger charge is 2.27. The summed E-state index contributed by atoms with van der Waals surface area (Å²) in [7, 11) is 0. The molecule has 0 fully saturated rings. The maximum Gasteiger partial charge on any atom is 0.407 e. The van der Waals surface area contributed by atoms with Crippen molar-refractivity contribution in [2.45, 2.75) is 53.0 Å². The van der Waals surface area contributed by atoms with Gasteiger partial charge in [-0.25, -0.2) is 9.59 Å². The molecule has 0 aromatic heterocycles. The Hall–Kier alpha value is -0.970. The zero-order valence-corrected chi connectivity index (χ0v) is 14.2. The Morgan fingerprint density at radius 3 is 2.33 bits per heavy atom. The highest BCUT2D eigenvalue weighted by atomic mass is 35.5. The van der Waals surface area contributed by atoms with Crippen molar-refractivity contribution in [3.63, 3.8) is 0 Å². The summed E-state index contributed by atoms with van der Waals surface area (Å²) in [6.45, 7) is 8.58. The molecule has 1 amide bonds. The molecule has 0 aromatic rings. The van der Waals surface area contributed by atoms with E-state index in [0.29, 0.717) is 12.5 Å². The third kappa shape index (κ3) is 9.56. The number of amides is 1. The van der Waals surface area contributed by atoms with Crippen LogP contribution in [0.4, 0.5) is 4.79 Å². The predicted octanol–water partition coefficient (Wildman–Crippen LogP) is 3.35. The van der Waals surface area contributed by atoms with Gasteiger partial charge >= 0.3 is 12.1 Å². The van der Waals surface area contributed by atoms with E-state index >= 15 is 0 Å². The number of nitrogens with one attached hydrogen (secondary N) is 1. The summed E-state index contributed by atoms with van der Waals surface area (Å²) in [5.74, 6) is 0.376. The third-order valence-corrected chi connectivity index (χ3v) is 3.38. The average Bonchev–Trinajstić information content (AvgIpc) is 2.45. The van der Waals surface area contributed by atoms with Crippen LogP contribution in [0.3, 0.4) is 0 Å². The summed E-state index contributed by atoms with van der Waals surface area (Å²) in [5, 5.41) is 2.56. The van der Waals surface area contributed by atoms with Crippen LogP contribution in [-0.4, -0.2) is 37.2 Å². The maximum absolute atomic E-state index is 12.1. The second kappa shape index (κ2) is 11.7. The van der Waals surface area contributed by atoms with Crippen LogP contribution >= 0.6 is 11.6 Å². The van der Waals surface area contributed by atoms with Gasteiger partial charge in [0.2, 0.25) is 0 Å². The number of esters is 1. The Balaban J connectivity index is 4.32. The number of carbonyl (C=O) groups is 2. The highest BCUT2D eigenvalue weighted by molar-refractivity contribution is 6.18. The van der Waals surface area contributed by atoms with E-state index in [1.54, 1.807) is 0 Å². The van der Waals surface area contributed by atoms with Crippen LogP contribution in [-0.2, 0) is 14.3 Å². The Bertz CT molecular complexity index is 310. The van der Waals surface area contributed by atoms with Gasteiger partial charge in [0, 0.05) is 0 Å². The fraction of sp³-hybridized carbons (Fsp3) is 0.867. The van der Waals surface area contributed by atoms with E-state index in [2.05, 4.69) is 19.2 Å². The predicted molar refractivity (Wildman–Crippen MR) is 83.5 cm³/mol. The molecule has 0 radical (unpaired) electrons. The monoisotopic (exact) mass is 321 g/mol. The molecule has 0 aliphatic heterocycles. The molecule has 0 saturated carbocycles. The molecule has 2 atom stereocenters. The van der Waals surface area contributed by atoms with Crippen LogP contribution in [0.2, 0.25) is 0 Å². The van der Waals surface area contributed by atoms with Gasteiger partial charge < -0.3 is 14.8 Å². The van der Waals surface area contributed by atoms with E-state index in [1.807, 2.05) is 13.8 Å². The zero-order valence-electron chi connectivity index (χ0n) is 13.5. The quantitative estimate of drug-likeness (QED) is 0.381. The third-order valence-electron chi connectivity index (χ3n) is 3.22. The van der Waals surface area contributed by atoms with Crippen LogP contribution in [0, 0.1) is 11.8 Å². The fourth-order valence-electron chi connectivity index (χ4n) is 1.72. The number of hydrogen-bond donors (Lipinski definition) is 1. The molecule has 0 bridgehead atoms. The van der Waals surface area contributed by atoms with Gasteiger partial charge in [0.25, 0.3) is 0 Å². The Labute approximate surface area is 132 Å². The van der Waals surface area contributed by atoms with Crippen LogP contribution < -0.4 is 5.32 Å². The summed E-state index contributed by atoms with van der Waals surface area (Å²) in [6, 6.07) is -0.683. The van der Waals surface area contributed by atoms with E-state index < -0.39 is 18.1 Å². The van der Waals surface area contributed by atoms with Gasteiger partial charge in [0.15, 0.2) is 0 Å². The van der Waals surface area contributed by atoms with E-state index in [1.165, 1.54) is 0 Å². The lowest BCUT2D eigenvalue weighted by atomic mass is 9.99. The SMILES string of the molecule is CCC(C)C(NC(=O)OCCCl)C(=O)OCCCC(C)C. The van der Waals surface area contributed by atoms with Gasteiger partial charge in [-0.1, -0.05) is 34.1 Å². The van der Waals surface area contributed by atoms with Crippen molar-refractivity contribution in [2.75, 3.05) is 19.1 Å². The molecule has 1 N–H and O–H groups in total. The van der Waals surface area contributed by atoms with Crippen molar-refractivity contribution in [3.05, 3.63) is 0 Å². The van der Waals surface area contributed by atoms with Crippen LogP contribution in [0.5, 0.6) is 0 Å². The number of alkyl halides is 1. The summed E-state index contributed by atoms with van der Waals surface area (Å²) < 4.78 is 10.1. The molecule has 0 rings (SSSR count). The lowest BCUT2D eigenvalue weighted by molar-refractivity contribution is -0.147. The molecule has 6 heteroatoms. The molecule has 0 spiro atoms. The fourth-order valence-corrected chi connectivity index (χ4v) is 1.80. The first-order chi connectivity index (χ1) is 9.92. The van der Waals surface area contributed by atoms with Gasteiger partial charge in [-0.15, -0.1) is 11.6 Å². The average molecular weight is 322 g/mol. The Morgan fingerprint density at radius 2 is 1.81 bits per heavy atom. The second-order valence-corrected chi connectivity index (χ2v) is 5.91. The number of rotatable bonds is 10. The minimum Gasteiger partial charge on any atom is -0.464 e. The Kier molecular flexibility index (Phi) is 11.1. The van der Waals surface area contributed by atoms with Crippen LogP contribution in [0.25, 0.3) is 0 Å². The first kappa shape index (κ1) is 20.0. The molecule has 0 aromatic carbocycles. The number of halogens is 1. The standard InChI is InChI=1S/C15H28ClNO4/c1-5-12(4)13(17-15(19)21-10-8-16)14(18)20-9-6-7-11(2)3/h11-13H,5-10H2,1-4H3,(H,17,19). The first-order valence-electron chi connectivity index (χ1n) is 7.58. The molecule has 0 heterocycles. The molecular formula is C15H28ClNO4. The second-order valence-electron chi connectivity index (χ2n) is 5.54. The van der Waals surface area contributed by atoms with Crippen molar-refractivity contribution in [1.82, 2.24) is 5.32 Å². The minimum absolute atomic E-state index is 0.0221. The van der Waals surface area contributed by atoms with Crippen molar-refractivity contribution in [3.8, 4) is 0 Å². The van der Waals surface area contributed by atoms with Gasteiger partial charge in [-0.2, -0.15) is 0 Å². The van der Waals surface area contributed by atoms with Crippen LogP contribution in [0.15, 0.2) is 0 Å². The summed E-state index contributed by atoms with van der Waals surface area (Å²) in [5.41, 5.74) is 0. The highest BCUT2D eigenvalue weighted by Crippen LogP contribution is 2.11. The van der Waals surface area contributed by atoms with E-state index in [4.69, 9.17) is 21.1 Å². The van der Waals surface area contributed by atoms with Gasteiger partial charge in [-0.3, -0.25) is 0 Å². The smallest absolute Gasteiger partial charge is 0.407 e. The largest absolute Gasteiger partial charge is 0.464 e. The molecule has 0 aliphatic carbocycles. The van der Waals surface area contributed by atoms with Gasteiger partial charge in [0.05, 0.1) is 12.5 Å². The number of alkyl carbamates (subject to hydrolysis) is 1. The normalized spacial score (nSPS) is 13.6. The molecule has 124 valence electrons.